The zero-order valence-corrected chi connectivity index (χ0v) is 7.31. The van der Waals surface area contributed by atoms with Gasteiger partial charge in [0.25, 0.3) is 0 Å². The summed E-state index contributed by atoms with van der Waals surface area (Å²) in [6.45, 7) is 0. The van der Waals surface area contributed by atoms with Gasteiger partial charge in [0, 0.05) is 18.0 Å². The van der Waals surface area contributed by atoms with Gasteiger partial charge in [0.1, 0.15) is 5.82 Å². The maximum Gasteiger partial charge on any atom is 0.146 e. The van der Waals surface area contributed by atoms with Crippen molar-refractivity contribution < 1.29 is 4.39 Å². The van der Waals surface area contributed by atoms with E-state index in [4.69, 9.17) is 5.73 Å². The SMILES string of the molecule is Nc1ccc(-c2cnccn2)cc1F. The average molecular weight is 189 g/mol. The molecular weight excluding hydrogens is 181 g/mol. The Morgan fingerprint density at radius 1 is 1.21 bits per heavy atom. The van der Waals surface area contributed by atoms with Crippen molar-refractivity contribution in [1.82, 2.24) is 9.97 Å². The van der Waals surface area contributed by atoms with E-state index in [0.29, 0.717) is 11.3 Å². The molecule has 0 fully saturated rings. The molecule has 14 heavy (non-hydrogen) atoms. The minimum absolute atomic E-state index is 0.137. The van der Waals surface area contributed by atoms with Crippen molar-refractivity contribution in [2.24, 2.45) is 0 Å². The van der Waals surface area contributed by atoms with Crippen LogP contribution in [0.15, 0.2) is 36.8 Å². The molecule has 2 N–H and O–H groups in total. The Balaban J connectivity index is 2.48. The summed E-state index contributed by atoms with van der Waals surface area (Å²) >= 11 is 0. The first kappa shape index (κ1) is 8.62. The Hall–Kier alpha value is -1.97. The van der Waals surface area contributed by atoms with Crippen LogP contribution in [0.5, 0.6) is 0 Å². The molecule has 0 aliphatic rings. The monoisotopic (exact) mass is 189 g/mol. The summed E-state index contributed by atoms with van der Waals surface area (Å²) < 4.78 is 13.1. The van der Waals surface area contributed by atoms with E-state index in [1.165, 1.54) is 12.1 Å². The van der Waals surface area contributed by atoms with Crippen LogP contribution in [0.2, 0.25) is 0 Å². The van der Waals surface area contributed by atoms with Gasteiger partial charge in [0.2, 0.25) is 0 Å². The van der Waals surface area contributed by atoms with Crippen molar-refractivity contribution in [3.8, 4) is 11.3 Å². The largest absolute Gasteiger partial charge is 0.396 e. The molecule has 2 aromatic rings. The van der Waals surface area contributed by atoms with E-state index in [-0.39, 0.29) is 5.69 Å². The molecular formula is C10H8FN3. The Labute approximate surface area is 80.4 Å². The zero-order valence-electron chi connectivity index (χ0n) is 7.31. The molecule has 70 valence electrons. The van der Waals surface area contributed by atoms with E-state index in [9.17, 15) is 4.39 Å². The quantitative estimate of drug-likeness (QED) is 0.696. The van der Waals surface area contributed by atoms with E-state index >= 15 is 0 Å². The van der Waals surface area contributed by atoms with E-state index in [1.807, 2.05) is 0 Å². The van der Waals surface area contributed by atoms with Crippen molar-refractivity contribution in [2.45, 2.75) is 0 Å². The highest BCUT2D eigenvalue weighted by Gasteiger charge is 2.02. The van der Waals surface area contributed by atoms with Gasteiger partial charge in [-0.05, 0) is 12.1 Å². The smallest absolute Gasteiger partial charge is 0.146 e. The number of anilines is 1. The van der Waals surface area contributed by atoms with Gasteiger partial charge in [-0.1, -0.05) is 6.07 Å². The van der Waals surface area contributed by atoms with Crippen LogP contribution in [0.3, 0.4) is 0 Å². The first-order valence-electron chi connectivity index (χ1n) is 4.09. The summed E-state index contributed by atoms with van der Waals surface area (Å²) in [5.41, 5.74) is 6.79. The van der Waals surface area contributed by atoms with Crippen LogP contribution in [0, 0.1) is 5.82 Å². The van der Waals surface area contributed by atoms with Crippen molar-refractivity contribution in [2.75, 3.05) is 5.73 Å². The minimum Gasteiger partial charge on any atom is -0.396 e. The fourth-order valence-corrected chi connectivity index (χ4v) is 1.13. The van der Waals surface area contributed by atoms with Crippen LogP contribution in [-0.4, -0.2) is 9.97 Å². The number of hydrogen-bond donors (Lipinski definition) is 1. The lowest BCUT2D eigenvalue weighted by atomic mass is 10.1. The maximum atomic E-state index is 13.1. The predicted octanol–water partition coefficient (Wildman–Crippen LogP) is 1.86. The lowest BCUT2D eigenvalue weighted by Crippen LogP contribution is -1.91. The van der Waals surface area contributed by atoms with Gasteiger partial charge in [0.05, 0.1) is 17.6 Å². The molecule has 0 aliphatic carbocycles. The third-order valence-electron chi connectivity index (χ3n) is 1.86. The Morgan fingerprint density at radius 2 is 2.07 bits per heavy atom. The molecule has 0 aliphatic heterocycles. The first-order chi connectivity index (χ1) is 6.77. The third kappa shape index (κ3) is 1.54. The Morgan fingerprint density at radius 3 is 2.71 bits per heavy atom. The van der Waals surface area contributed by atoms with Crippen molar-refractivity contribution in [1.29, 1.82) is 0 Å². The van der Waals surface area contributed by atoms with Gasteiger partial charge in [-0.25, -0.2) is 4.39 Å². The molecule has 0 unspecified atom stereocenters. The molecule has 0 bridgehead atoms. The maximum absolute atomic E-state index is 13.1. The van der Waals surface area contributed by atoms with Gasteiger partial charge >= 0.3 is 0 Å². The lowest BCUT2D eigenvalue weighted by molar-refractivity contribution is 0.633. The van der Waals surface area contributed by atoms with Gasteiger partial charge in [0.15, 0.2) is 0 Å². The number of nitrogen functional groups attached to an aromatic ring is 1. The topological polar surface area (TPSA) is 51.8 Å². The predicted molar refractivity (Wildman–Crippen MR) is 51.8 cm³/mol. The number of nitrogens with zero attached hydrogens (tertiary/aromatic N) is 2. The molecule has 0 atom stereocenters. The molecule has 0 saturated heterocycles. The van der Waals surface area contributed by atoms with Crippen LogP contribution in [-0.2, 0) is 0 Å². The van der Waals surface area contributed by atoms with Crippen molar-refractivity contribution in [3.05, 3.63) is 42.6 Å². The number of aromatic nitrogens is 2. The number of rotatable bonds is 1. The Bertz CT molecular complexity index is 442. The first-order valence-corrected chi connectivity index (χ1v) is 4.09. The molecule has 0 radical (unpaired) electrons. The summed E-state index contributed by atoms with van der Waals surface area (Å²) in [7, 11) is 0. The van der Waals surface area contributed by atoms with Gasteiger partial charge in [-0.3, -0.25) is 9.97 Å². The van der Waals surface area contributed by atoms with Crippen LogP contribution in [0.4, 0.5) is 10.1 Å². The number of hydrogen-bond acceptors (Lipinski definition) is 3. The molecule has 0 amide bonds. The van der Waals surface area contributed by atoms with E-state index in [2.05, 4.69) is 9.97 Å². The summed E-state index contributed by atoms with van der Waals surface area (Å²) in [4.78, 5) is 7.95. The normalized spacial score (nSPS) is 10.1. The van der Waals surface area contributed by atoms with Crippen LogP contribution >= 0.6 is 0 Å². The fourth-order valence-electron chi connectivity index (χ4n) is 1.13. The Kier molecular flexibility index (Phi) is 2.10. The minimum atomic E-state index is -0.437. The van der Waals surface area contributed by atoms with Crippen molar-refractivity contribution in [3.63, 3.8) is 0 Å². The molecule has 2 rings (SSSR count). The molecule has 1 heterocycles. The number of nitrogens with two attached hydrogens (primary N) is 1. The summed E-state index contributed by atoms with van der Waals surface area (Å²) in [5, 5.41) is 0. The lowest BCUT2D eigenvalue weighted by Gasteiger charge is -2.01. The van der Waals surface area contributed by atoms with Gasteiger partial charge < -0.3 is 5.73 Å². The van der Waals surface area contributed by atoms with E-state index < -0.39 is 5.82 Å². The second kappa shape index (κ2) is 3.41. The molecule has 4 heteroatoms. The summed E-state index contributed by atoms with van der Waals surface area (Å²) in [6, 6.07) is 4.57. The molecule has 3 nitrogen and oxygen atoms in total. The fraction of sp³-hybridized carbons (Fsp3) is 0. The van der Waals surface area contributed by atoms with Gasteiger partial charge in [-0.15, -0.1) is 0 Å². The third-order valence-corrected chi connectivity index (χ3v) is 1.86. The van der Waals surface area contributed by atoms with Crippen molar-refractivity contribution >= 4 is 5.69 Å². The summed E-state index contributed by atoms with van der Waals surface area (Å²) in [5.74, 6) is -0.437. The van der Waals surface area contributed by atoms with Crippen LogP contribution < -0.4 is 5.73 Å². The zero-order chi connectivity index (χ0) is 9.97. The molecule has 1 aromatic heterocycles. The number of benzene rings is 1. The highest BCUT2D eigenvalue weighted by Crippen LogP contribution is 2.19. The van der Waals surface area contributed by atoms with Crippen LogP contribution in [0.1, 0.15) is 0 Å². The number of halogens is 1. The van der Waals surface area contributed by atoms with Crippen LogP contribution in [0.25, 0.3) is 11.3 Å². The van der Waals surface area contributed by atoms with E-state index in [0.717, 1.165) is 0 Å². The molecule has 0 saturated carbocycles. The highest BCUT2D eigenvalue weighted by atomic mass is 19.1. The average Bonchev–Trinajstić information content (AvgIpc) is 2.23. The second-order valence-electron chi connectivity index (χ2n) is 2.83. The second-order valence-corrected chi connectivity index (χ2v) is 2.83. The standard InChI is InChI=1S/C10H8FN3/c11-8-5-7(1-2-9(8)12)10-6-13-3-4-14-10/h1-6H,12H2. The molecule has 1 aromatic carbocycles. The highest BCUT2D eigenvalue weighted by molar-refractivity contribution is 5.61. The summed E-state index contributed by atoms with van der Waals surface area (Å²) in [6.07, 6.45) is 4.70. The van der Waals surface area contributed by atoms with Gasteiger partial charge in [-0.2, -0.15) is 0 Å². The molecule has 0 spiro atoms. The van der Waals surface area contributed by atoms with E-state index in [1.54, 1.807) is 24.7 Å².